The van der Waals surface area contributed by atoms with E-state index in [0.717, 1.165) is 57.8 Å². The number of ether oxygens (including phenoxy) is 1. The number of rotatable bonds is 2. The molecule has 0 unspecified atom stereocenters. The fourth-order valence-corrected chi connectivity index (χ4v) is 4.39. The fraction of sp³-hybridized carbons (Fsp3) is 0.765. The van der Waals surface area contributed by atoms with Gasteiger partial charge >= 0.3 is 0 Å². The molecule has 0 radical (unpaired) electrons. The van der Waals surface area contributed by atoms with Crippen LogP contribution in [0.15, 0.2) is 6.07 Å². The quantitative estimate of drug-likeness (QED) is 0.896. The molecule has 23 heavy (non-hydrogen) atoms. The third-order valence-electron chi connectivity index (χ3n) is 5.63. The molecule has 6 heteroatoms. The highest BCUT2D eigenvalue weighted by molar-refractivity contribution is 5.92. The third-order valence-corrected chi connectivity index (χ3v) is 5.63. The molecule has 5 rings (SSSR count). The first-order chi connectivity index (χ1) is 11.2. The van der Waals surface area contributed by atoms with E-state index in [1.807, 2.05) is 13.0 Å². The van der Waals surface area contributed by atoms with Crippen molar-refractivity contribution in [2.45, 2.75) is 44.7 Å². The predicted molar refractivity (Wildman–Crippen MR) is 86.3 cm³/mol. The number of fused-ring (bicyclic) bond motifs is 4. The fourth-order valence-electron chi connectivity index (χ4n) is 4.39. The summed E-state index contributed by atoms with van der Waals surface area (Å²) in [6.45, 7) is 6.72. The van der Waals surface area contributed by atoms with Crippen molar-refractivity contribution in [1.29, 1.82) is 0 Å². The van der Waals surface area contributed by atoms with E-state index in [0.29, 0.717) is 23.7 Å². The molecule has 5 heterocycles. The van der Waals surface area contributed by atoms with Gasteiger partial charge in [-0.2, -0.15) is 5.10 Å². The summed E-state index contributed by atoms with van der Waals surface area (Å²) in [6.07, 6.45) is 4.63. The Hall–Kier alpha value is -1.40. The summed E-state index contributed by atoms with van der Waals surface area (Å²) in [7, 11) is 0. The number of hydrogen-bond donors (Lipinski definition) is 1. The molecule has 1 aromatic rings. The number of hydrogen-bond acceptors (Lipinski definition) is 4. The van der Waals surface area contributed by atoms with E-state index in [1.54, 1.807) is 0 Å². The van der Waals surface area contributed by atoms with Crippen molar-refractivity contribution >= 4 is 5.91 Å². The van der Waals surface area contributed by atoms with Gasteiger partial charge in [-0.05, 0) is 44.6 Å². The molecule has 4 aliphatic rings. The van der Waals surface area contributed by atoms with Crippen LogP contribution < -0.4 is 0 Å². The summed E-state index contributed by atoms with van der Waals surface area (Å²) < 4.78 is 5.51. The van der Waals surface area contributed by atoms with Gasteiger partial charge in [-0.1, -0.05) is 0 Å². The van der Waals surface area contributed by atoms with Crippen LogP contribution in [0.2, 0.25) is 0 Å². The lowest BCUT2D eigenvalue weighted by molar-refractivity contribution is 0.0304. The van der Waals surface area contributed by atoms with Crippen LogP contribution in [0, 0.1) is 12.8 Å². The first kappa shape index (κ1) is 15.1. The van der Waals surface area contributed by atoms with Crippen LogP contribution in [-0.4, -0.2) is 70.8 Å². The monoisotopic (exact) mass is 318 g/mol. The first-order valence-corrected chi connectivity index (χ1v) is 8.85. The van der Waals surface area contributed by atoms with Gasteiger partial charge in [-0.25, -0.2) is 0 Å². The summed E-state index contributed by atoms with van der Waals surface area (Å²) in [5, 5.41) is 7.05. The molecule has 0 saturated carbocycles. The number of piperidine rings is 1. The van der Waals surface area contributed by atoms with Crippen LogP contribution >= 0.6 is 0 Å². The van der Waals surface area contributed by atoms with Gasteiger partial charge in [0.1, 0.15) is 5.69 Å². The lowest BCUT2D eigenvalue weighted by Gasteiger charge is -2.36. The predicted octanol–water partition coefficient (Wildman–Crippen LogP) is 1.43. The zero-order chi connectivity index (χ0) is 15.8. The highest BCUT2D eigenvalue weighted by Crippen LogP contribution is 2.31. The van der Waals surface area contributed by atoms with Crippen molar-refractivity contribution in [2.75, 3.05) is 32.8 Å². The summed E-state index contributed by atoms with van der Waals surface area (Å²) in [6, 6.07) is 2.83. The lowest BCUT2D eigenvalue weighted by atomic mass is 9.94. The molecular formula is C17H26N4O2. The smallest absolute Gasteiger partial charge is 0.274 e. The number of aromatic amines is 1. The van der Waals surface area contributed by atoms with E-state index in [4.69, 9.17) is 4.74 Å². The Bertz CT molecular complexity index is 567. The number of aromatic nitrogens is 2. The van der Waals surface area contributed by atoms with Crippen LogP contribution in [0.25, 0.3) is 0 Å². The standard InChI is InChI=1S/C17H26N4O2/c1-12-8-16(19-18-12)17(22)21-10-13-2-3-15(21)11-20(9-13)14-4-6-23-7-5-14/h8,13-15H,2-7,9-11H2,1H3,(H,18,19)/t13-,15+/m0/s1. The maximum absolute atomic E-state index is 12.8. The van der Waals surface area contributed by atoms with Gasteiger partial charge in [0.2, 0.25) is 0 Å². The number of carbonyl (C=O) groups excluding carboxylic acids is 1. The first-order valence-electron chi connectivity index (χ1n) is 8.85. The average molecular weight is 318 g/mol. The van der Waals surface area contributed by atoms with Crippen molar-refractivity contribution in [1.82, 2.24) is 20.0 Å². The largest absolute Gasteiger partial charge is 0.381 e. The number of nitrogens with zero attached hydrogens (tertiary/aromatic N) is 3. The van der Waals surface area contributed by atoms with Crippen LogP contribution in [0.5, 0.6) is 0 Å². The van der Waals surface area contributed by atoms with E-state index in [2.05, 4.69) is 20.0 Å². The Kier molecular flexibility index (Phi) is 4.11. The van der Waals surface area contributed by atoms with Gasteiger partial charge in [-0.15, -0.1) is 0 Å². The van der Waals surface area contributed by atoms with Crippen molar-refractivity contribution in [3.63, 3.8) is 0 Å². The Morgan fingerprint density at radius 3 is 2.74 bits per heavy atom. The molecule has 126 valence electrons. The zero-order valence-corrected chi connectivity index (χ0v) is 13.8. The van der Waals surface area contributed by atoms with E-state index < -0.39 is 0 Å². The minimum Gasteiger partial charge on any atom is -0.381 e. The topological polar surface area (TPSA) is 61.5 Å². The Labute approximate surface area is 137 Å². The lowest BCUT2D eigenvalue weighted by Crippen LogP contribution is -2.48. The molecule has 4 saturated heterocycles. The molecule has 0 aromatic carbocycles. The molecule has 4 aliphatic heterocycles. The maximum Gasteiger partial charge on any atom is 0.274 e. The van der Waals surface area contributed by atoms with Crippen LogP contribution in [0.1, 0.15) is 41.9 Å². The summed E-state index contributed by atoms with van der Waals surface area (Å²) in [5.74, 6) is 0.693. The minimum absolute atomic E-state index is 0.0953. The second kappa shape index (κ2) is 6.24. The van der Waals surface area contributed by atoms with E-state index in [-0.39, 0.29) is 5.91 Å². The molecule has 4 fully saturated rings. The van der Waals surface area contributed by atoms with Gasteiger partial charge < -0.3 is 9.64 Å². The average Bonchev–Trinajstić information content (AvgIpc) is 2.82. The molecule has 2 bridgehead atoms. The van der Waals surface area contributed by atoms with Crippen molar-refractivity contribution in [3.05, 3.63) is 17.5 Å². The normalized spacial score (nSPS) is 29.7. The number of amides is 1. The second-order valence-electron chi connectivity index (χ2n) is 7.29. The molecular weight excluding hydrogens is 292 g/mol. The molecule has 2 atom stereocenters. The number of H-pyrrole nitrogens is 1. The maximum atomic E-state index is 12.8. The summed E-state index contributed by atoms with van der Waals surface area (Å²) in [4.78, 5) is 17.6. The van der Waals surface area contributed by atoms with E-state index in [9.17, 15) is 4.79 Å². The highest BCUT2D eigenvalue weighted by atomic mass is 16.5. The number of carbonyl (C=O) groups is 1. The second-order valence-corrected chi connectivity index (χ2v) is 7.29. The van der Waals surface area contributed by atoms with Crippen LogP contribution in [0.3, 0.4) is 0 Å². The zero-order valence-electron chi connectivity index (χ0n) is 13.8. The van der Waals surface area contributed by atoms with Crippen molar-refractivity contribution < 1.29 is 9.53 Å². The summed E-state index contributed by atoms with van der Waals surface area (Å²) >= 11 is 0. The SMILES string of the molecule is Cc1cc(C(=O)N2C[C@H]3CC[C@@H]2CN(C2CCOCC2)C3)n[nH]1. The molecule has 0 spiro atoms. The number of aryl methyl sites for hydroxylation is 1. The molecule has 1 aromatic heterocycles. The van der Waals surface area contributed by atoms with Gasteiger partial charge in [0.25, 0.3) is 5.91 Å². The van der Waals surface area contributed by atoms with Crippen molar-refractivity contribution in [2.24, 2.45) is 5.92 Å². The van der Waals surface area contributed by atoms with E-state index in [1.165, 1.54) is 6.42 Å². The molecule has 1 amide bonds. The molecule has 6 nitrogen and oxygen atoms in total. The minimum atomic E-state index is 0.0953. The molecule has 0 aliphatic carbocycles. The Morgan fingerprint density at radius 1 is 1.17 bits per heavy atom. The van der Waals surface area contributed by atoms with Crippen LogP contribution in [-0.2, 0) is 4.74 Å². The molecule has 1 N–H and O–H groups in total. The summed E-state index contributed by atoms with van der Waals surface area (Å²) in [5.41, 5.74) is 1.50. The van der Waals surface area contributed by atoms with Crippen LogP contribution in [0.4, 0.5) is 0 Å². The van der Waals surface area contributed by atoms with Gasteiger partial charge in [0.05, 0.1) is 0 Å². The Balaban J connectivity index is 1.50. The van der Waals surface area contributed by atoms with Crippen molar-refractivity contribution in [3.8, 4) is 0 Å². The third kappa shape index (κ3) is 3.02. The van der Waals surface area contributed by atoms with Gasteiger partial charge in [-0.3, -0.25) is 14.8 Å². The van der Waals surface area contributed by atoms with E-state index >= 15 is 0 Å². The number of nitrogens with one attached hydrogen (secondary N) is 1. The van der Waals surface area contributed by atoms with Gasteiger partial charge in [0.15, 0.2) is 0 Å². The highest BCUT2D eigenvalue weighted by Gasteiger charge is 2.39. The Morgan fingerprint density at radius 2 is 2.00 bits per heavy atom. The van der Waals surface area contributed by atoms with Gasteiger partial charge in [0, 0.05) is 50.6 Å².